The normalized spacial score (nSPS) is 29.2. The van der Waals surface area contributed by atoms with Gasteiger partial charge in [0.2, 0.25) is 0 Å². The van der Waals surface area contributed by atoms with Gasteiger partial charge in [-0.2, -0.15) is 13.2 Å². The molecule has 0 aromatic heterocycles. The Balaban J connectivity index is 2.04. The van der Waals surface area contributed by atoms with Crippen LogP contribution in [0.15, 0.2) is 41.3 Å². The summed E-state index contributed by atoms with van der Waals surface area (Å²) in [5.41, 5.74) is -2.14. The molecule has 1 fully saturated rings. The van der Waals surface area contributed by atoms with E-state index in [2.05, 4.69) is 0 Å². The Kier molecular flexibility index (Phi) is 5.88. The molecule has 198 valence electrons. The lowest BCUT2D eigenvalue weighted by Gasteiger charge is -2.50. The van der Waals surface area contributed by atoms with Gasteiger partial charge in [-0.3, -0.25) is 0 Å². The fourth-order valence-corrected chi connectivity index (χ4v) is 7.49. The van der Waals surface area contributed by atoms with Crippen molar-refractivity contribution >= 4 is 19.7 Å². The fourth-order valence-electron chi connectivity index (χ4n) is 4.47. The Morgan fingerprint density at radius 3 is 2.33 bits per heavy atom. The lowest BCUT2D eigenvalue weighted by Crippen LogP contribution is -2.57. The fraction of sp³-hybridized carbons (Fsp3) is 0.478. The lowest BCUT2D eigenvalue weighted by atomic mass is 9.75. The van der Waals surface area contributed by atoms with Crippen molar-refractivity contribution in [2.45, 2.75) is 41.7 Å². The first kappa shape index (κ1) is 22.9. The summed E-state index contributed by atoms with van der Waals surface area (Å²) in [6, 6.07) is 3.32. The average Bonchev–Trinajstić information content (AvgIpc) is 2.84. The monoisotopic (exact) mass is 557 g/mol. The second-order valence-electron chi connectivity index (χ2n) is 8.35. The summed E-state index contributed by atoms with van der Waals surface area (Å²) in [7, 11) is -8.93. The molecular formula is C23H23F5O6S2. The quantitative estimate of drug-likeness (QED) is 0.493. The first-order valence-electron chi connectivity index (χ1n) is 12.3. The molecule has 2 aromatic carbocycles. The van der Waals surface area contributed by atoms with Crippen LogP contribution < -0.4 is 4.74 Å². The Morgan fingerprint density at radius 2 is 1.72 bits per heavy atom. The van der Waals surface area contributed by atoms with Gasteiger partial charge in [0.25, 0.3) is 0 Å². The van der Waals surface area contributed by atoms with Crippen LogP contribution in [0.1, 0.15) is 35.0 Å². The highest BCUT2D eigenvalue weighted by Gasteiger charge is 2.61. The molecule has 36 heavy (non-hydrogen) atoms. The number of rotatable bonds is 6. The van der Waals surface area contributed by atoms with Gasteiger partial charge in [-0.1, -0.05) is 6.92 Å². The summed E-state index contributed by atoms with van der Waals surface area (Å²) in [4.78, 5) is -0.779. The highest BCUT2D eigenvalue weighted by atomic mass is 32.2. The van der Waals surface area contributed by atoms with Crippen molar-refractivity contribution in [2.75, 3.05) is 24.7 Å². The molecule has 4 rings (SSSR count). The second kappa shape index (κ2) is 9.25. The zero-order chi connectivity index (χ0) is 29.2. The number of halogens is 5. The molecular weight excluding hydrogens is 531 g/mol. The van der Waals surface area contributed by atoms with Crippen LogP contribution in [0.5, 0.6) is 5.75 Å². The van der Waals surface area contributed by atoms with E-state index in [4.69, 9.17) is 13.6 Å². The molecule has 0 unspecified atom stereocenters. The molecule has 2 heterocycles. The molecule has 0 N–H and O–H groups in total. The predicted octanol–water partition coefficient (Wildman–Crippen LogP) is 4.28. The van der Waals surface area contributed by atoms with Crippen molar-refractivity contribution in [2.24, 2.45) is 5.92 Å². The number of benzene rings is 2. The minimum absolute atomic E-state index is 0.352. The van der Waals surface area contributed by atoms with Crippen LogP contribution in [-0.2, 0) is 35.3 Å². The summed E-state index contributed by atoms with van der Waals surface area (Å²) >= 11 is 0. The van der Waals surface area contributed by atoms with E-state index in [0.29, 0.717) is 36.4 Å². The zero-order valence-corrected chi connectivity index (χ0v) is 20.4. The number of hydrogen-bond donors (Lipinski definition) is 0. The van der Waals surface area contributed by atoms with Crippen molar-refractivity contribution in [1.29, 1.82) is 0 Å². The number of alkyl halides is 3. The van der Waals surface area contributed by atoms with E-state index < -0.39 is 108 Å². The number of ether oxygens (including phenoxy) is 2. The molecule has 2 aromatic rings. The standard InChI is InChI=1S/C23H23F5O6S2/c1-2-35(29,30)12-9-19-16-13-34-21-18(25)8-7-17(24)20(21)22(16,10-11-33-19)36(31,32)15-5-3-14(4-6-15)23(26,27)28/h3-8,16,19H,2,9-13H2,1H3/t16-,19-,22-/m0/s1/i13D2,19D. The van der Waals surface area contributed by atoms with Gasteiger partial charge in [0, 0.05) is 18.3 Å². The molecule has 2 aliphatic rings. The zero-order valence-electron chi connectivity index (χ0n) is 21.7. The highest BCUT2D eigenvalue weighted by Crippen LogP contribution is 2.56. The number of hydrogen-bond acceptors (Lipinski definition) is 6. The van der Waals surface area contributed by atoms with E-state index in [-0.39, 0.29) is 5.75 Å². The second-order valence-corrected chi connectivity index (χ2v) is 13.0. The average molecular weight is 558 g/mol. The van der Waals surface area contributed by atoms with E-state index in [1.165, 1.54) is 6.92 Å². The van der Waals surface area contributed by atoms with Crippen molar-refractivity contribution in [1.82, 2.24) is 0 Å². The third-order valence-corrected chi connectivity index (χ3v) is 10.6. The Labute approximate surface area is 209 Å². The van der Waals surface area contributed by atoms with E-state index >= 15 is 4.39 Å². The molecule has 0 amide bonds. The number of fused-ring (bicyclic) bond motifs is 3. The van der Waals surface area contributed by atoms with Gasteiger partial charge in [-0.05, 0) is 49.2 Å². The maximum absolute atomic E-state index is 15.5. The summed E-state index contributed by atoms with van der Waals surface area (Å²) in [5, 5.41) is 0. The van der Waals surface area contributed by atoms with Gasteiger partial charge in [0.05, 0.1) is 38.5 Å². The first-order chi connectivity index (χ1) is 17.8. The molecule has 2 aliphatic heterocycles. The molecule has 0 aliphatic carbocycles. The third-order valence-electron chi connectivity index (χ3n) is 6.38. The molecule has 1 saturated heterocycles. The van der Waals surface area contributed by atoms with Crippen molar-refractivity contribution in [3.63, 3.8) is 0 Å². The third kappa shape index (κ3) is 4.38. The van der Waals surface area contributed by atoms with Crippen LogP contribution in [0.25, 0.3) is 0 Å². The largest absolute Gasteiger partial charge is 0.490 e. The Hall–Kier alpha value is -2.25. The topological polar surface area (TPSA) is 86.7 Å². The molecule has 6 nitrogen and oxygen atoms in total. The van der Waals surface area contributed by atoms with E-state index in [0.717, 1.165) is 0 Å². The Morgan fingerprint density at radius 1 is 1.08 bits per heavy atom. The maximum atomic E-state index is 15.5. The van der Waals surface area contributed by atoms with Crippen molar-refractivity contribution in [3.8, 4) is 5.75 Å². The summed E-state index contributed by atoms with van der Waals surface area (Å²) in [5.74, 6) is -7.09. The van der Waals surface area contributed by atoms with Crippen molar-refractivity contribution < 1.29 is 52.4 Å². The predicted molar refractivity (Wildman–Crippen MR) is 119 cm³/mol. The molecule has 13 heteroatoms. The van der Waals surface area contributed by atoms with Crippen molar-refractivity contribution in [3.05, 3.63) is 59.2 Å². The van der Waals surface area contributed by atoms with Crippen LogP contribution >= 0.6 is 0 Å². The minimum Gasteiger partial charge on any atom is -0.490 e. The summed E-state index contributed by atoms with van der Waals surface area (Å²) < 4.78 is 157. The van der Waals surface area contributed by atoms with Gasteiger partial charge < -0.3 is 9.47 Å². The van der Waals surface area contributed by atoms with Crippen LogP contribution in [0.4, 0.5) is 22.0 Å². The minimum atomic E-state index is -5.14. The maximum Gasteiger partial charge on any atom is 0.416 e. The lowest BCUT2D eigenvalue weighted by molar-refractivity contribution is -0.137. The van der Waals surface area contributed by atoms with Crippen LogP contribution in [0.3, 0.4) is 0 Å². The molecule has 0 bridgehead atoms. The molecule has 0 spiro atoms. The van der Waals surface area contributed by atoms with Gasteiger partial charge in [0.1, 0.15) is 20.4 Å². The van der Waals surface area contributed by atoms with E-state index in [1.54, 1.807) is 0 Å². The first-order valence-corrected chi connectivity index (χ1v) is 14.1. The summed E-state index contributed by atoms with van der Waals surface area (Å²) in [6.07, 6.45) is -8.97. The van der Waals surface area contributed by atoms with E-state index in [9.17, 15) is 34.4 Å². The Bertz CT molecular complexity index is 1500. The van der Waals surface area contributed by atoms with Gasteiger partial charge in [-0.15, -0.1) is 0 Å². The van der Waals surface area contributed by atoms with Gasteiger partial charge >= 0.3 is 6.18 Å². The van der Waals surface area contributed by atoms with Crippen LogP contribution in [0, 0.1) is 17.6 Å². The van der Waals surface area contributed by atoms with Crippen LogP contribution in [-0.4, -0.2) is 47.6 Å². The summed E-state index contributed by atoms with van der Waals surface area (Å²) in [6.45, 7) is -2.54. The van der Waals surface area contributed by atoms with Crippen LogP contribution in [0.2, 0.25) is 0 Å². The highest BCUT2D eigenvalue weighted by molar-refractivity contribution is 7.92. The molecule has 0 radical (unpaired) electrons. The van der Waals surface area contributed by atoms with Gasteiger partial charge in [0.15, 0.2) is 21.4 Å². The van der Waals surface area contributed by atoms with E-state index in [1.807, 2.05) is 0 Å². The molecule has 0 saturated carbocycles. The molecule has 3 atom stereocenters. The van der Waals surface area contributed by atoms with Gasteiger partial charge in [-0.25, -0.2) is 25.6 Å². The smallest absolute Gasteiger partial charge is 0.416 e. The SMILES string of the molecule is [2H]C1([2H])Oc2c(F)ccc(F)c2[C@]2(S(=O)(=O)c3ccc(C(F)(F)F)cc3)CCO[C@@]([2H])(CCS(=O)(=O)CC)[C@H]12. The number of sulfone groups is 2.